The van der Waals surface area contributed by atoms with Gasteiger partial charge >= 0.3 is 11.9 Å². The molecule has 164 valence electrons. The molecule has 0 saturated carbocycles. The van der Waals surface area contributed by atoms with Crippen LogP contribution < -0.4 is 0 Å². The van der Waals surface area contributed by atoms with E-state index >= 15 is 0 Å². The zero-order valence-corrected chi connectivity index (χ0v) is 17.9. The Morgan fingerprint density at radius 3 is 1.96 bits per heavy atom. The molecule has 0 aromatic heterocycles. The maximum absolute atomic E-state index is 11.9. The molecular weight excluding hydrogens is 384 g/mol. The summed E-state index contributed by atoms with van der Waals surface area (Å²) in [6.45, 7) is 5.76. The minimum Gasteiger partial charge on any atom is -0.465 e. The third kappa shape index (κ3) is 14.6. The van der Waals surface area contributed by atoms with Gasteiger partial charge in [-0.2, -0.15) is 8.42 Å². The number of ether oxygens (including phenoxy) is 2. The molecule has 0 aliphatic rings. The Bertz CT molecular complexity index is 543. The number of unbranched alkanes of at least 4 members (excludes halogenated alkanes) is 9. The zero-order valence-electron chi connectivity index (χ0n) is 17.1. The molecule has 7 nitrogen and oxygen atoms in total. The molecule has 0 radical (unpaired) electrons. The topological polar surface area (TPSA) is 107 Å². The van der Waals surface area contributed by atoms with E-state index in [0.717, 1.165) is 19.3 Å². The highest BCUT2D eigenvalue weighted by molar-refractivity contribution is 7.87. The second-order valence-electron chi connectivity index (χ2n) is 6.86. The summed E-state index contributed by atoms with van der Waals surface area (Å²) >= 11 is 0. The predicted octanol–water partition coefficient (Wildman–Crippen LogP) is 4.22. The van der Waals surface area contributed by atoms with Gasteiger partial charge < -0.3 is 9.47 Å². The Labute approximate surface area is 169 Å². The summed E-state index contributed by atoms with van der Waals surface area (Å²) in [6.07, 6.45) is 12.4. The monoisotopic (exact) mass is 420 g/mol. The Hall–Kier alpha value is -1.41. The summed E-state index contributed by atoms with van der Waals surface area (Å²) in [6, 6.07) is 0. The second kappa shape index (κ2) is 16.5. The molecule has 0 amide bonds. The van der Waals surface area contributed by atoms with E-state index in [1.54, 1.807) is 0 Å². The lowest BCUT2D eigenvalue weighted by atomic mass is 10.1. The van der Waals surface area contributed by atoms with Gasteiger partial charge in [-0.05, 0) is 12.8 Å². The average Bonchev–Trinajstić information content (AvgIpc) is 2.63. The average molecular weight is 421 g/mol. The lowest BCUT2D eigenvalue weighted by Crippen LogP contribution is -2.34. The Morgan fingerprint density at radius 2 is 1.46 bits per heavy atom. The number of esters is 2. The minimum absolute atomic E-state index is 0.0359. The summed E-state index contributed by atoms with van der Waals surface area (Å²) in [4.78, 5) is 23.5. The van der Waals surface area contributed by atoms with Gasteiger partial charge in [-0.25, -0.2) is 0 Å². The summed E-state index contributed by atoms with van der Waals surface area (Å²) in [5.74, 6) is -2.01. The Balaban J connectivity index is 4.00. The molecule has 0 aromatic rings. The van der Waals surface area contributed by atoms with Crippen LogP contribution in [-0.4, -0.2) is 43.4 Å². The Kier molecular flexibility index (Phi) is 15.7. The second-order valence-corrected chi connectivity index (χ2v) is 8.45. The lowest BCUT2D eigenvalue weighted by molar-refractivity contribution is -0.150. The van der Waals surface area contributed by atoms with Crippen molar-refractivity contribution in [3.05, 3.63) is 12.7 Å². The maximum Gasteiger partial charge on any atom is 0.327 e. The molecule has 1 N–H and O–H groups in total. The predicted molar refractivity (Wildman–Crippen MR) is 109 cm³/mol. The molecule has 28 heavy (non-hydrogen) atoms. The van der Waals surface area contributed by atoms with E-state index < -0.39 is 33.7 Å². The van der Waals surface area contributed by atoms with Crippen molar-refractivity contribution in [2.24, 2.45) is 0 Å². The van der Waals surface area contributed by atoms with Crippen LogP contribution in [0.25, 0.3) is 0 Å². The summed E-state index contributed by atoms with van der Waals surface area (Å²) in [5.41, 5.74) is 0. The smallest absolute Gasteiger partial charge is 0.327 e. The first-order valence-corrected chi connectivity index (χ1v) is 11.7. The van der Waals surface area contributed by atoms with E-state index in [-0.39, 0.29) is 13.2 Å². The van der Waals surface area contributed by atoms with Crippen LogP contribution >= 0.6 is 0 Å². The van der Waals surface area contributed by atoms with E-state index in [2.05, 4.69) is 13.5 Å². The van der Waals surface area contributed by atoms with Gasteiger partial charge in [0.05, 0.1) is 19.6 Å². The first-order valence-electron chi connectivity index (χ1n) is 10.2. The van der Waals surface area contributed by atoms with E-state index in [9.17, 15) is 22.6 Å². The van der Waals surface area contributed by atoms with Crippen molar-refractivity contribution in [3.8, 4) is 0 Å². The lowest BCUT2D eigenvalue weighted by Gasteiger charge is -2.13. The third-order valence-corrected chi connectivity index (χ3v) is 5.38. The number of rotatable bonds is 18. The van der Waals surface area contributed by atoms with Crippen LogP contribution in [0.15, 0.2) is 12.7 Å². The van der Waals surface area contributed by atoms with Gasteiger partial charge in [-0.15, -0.1) is 6.58 Å². The van der Waals surface area contributed by atoms with Crippen molar-refractivity contribution >= 4 is 22.1 Å². The van der Waals surface area contributed by atoms with E-state index in [0.29, 0.717) is 12.8 Å². The normalized spacial score (nSPS) is 12.4. The maximum atomic E-state index is 11.9. The van der Waals surface area contributed by atoms with Crippen LogP contribution in [0.4, 0.5) is 0 Å². The summed E-state index contributed by atoms with van der Waals surface area (Å²) in [7, 11) is -4.75. The molecule has 0 aliphatic heterocycles. The van der Waals surface area contributed by atoms with Crippen LogP contribution in [0.3, 0.4) is 0 Å². The van der Waals surface area contributed by atoms with Gasteiger partial charge in [0.15, 0.2) is 5.25 Å². The van der Waals surface area contributed by atoms with Crippen molar-refractivity contribution in [2.75, 3.05) is 13.2 Å². The van der Waals surface area contributed by atoms with Crippen molar-refractivity contribution in [2.45, 2.75) is 89.2 Å². The molecule has 0 rings (SSSR count). The molecule has 0 fully saturated rings. The molecule has 0 aliphatic carbocycles. The van der Waals surface area contributed by atoms with Crippen molar-refractivity contribution in [1.29, 1.82) is 0 Å². The van der Waals surface area contributed by atoms with Gasteiger partial charge in [0.25, 0.3) is 10.1 Å². The van der Waals surface area contributed by atoms with Crippen molar-refractivity contribution < 1.29 is 32.0 Å². The SMILES string of the molecule is C=CCCOC(=O)CC(C(=O)OCCCCCCCCCCCC)S(=O)(=O)O. The molecule has 0 saturated heterocycles. The molecule has 0 spiro atoms. The van der Waals surface area contributed by atoms with Gasteiger partial charge in [0, 0.05) is 0 Å². The molecule has 0 bridgehead atoms. The van der Waals surface area contributed by atoms with Crippen LogP contribution in [-0.2, 0) is 29.2 Å². The first-order chi connectivity index (χ1) is 13.3. The standard InChI is InChI=1S/C20H36O7S/c1-3-5-7-8-9-10-11-12-13-14-16-27-20(22)18(28(23,24)25)17-19(21)26-15-6-4-2/h4,18H,2-3,5-17H2,1H3,(H,23,24,25). The quantitative estimate of drug-likeness (QED) is 0.153. The van der Waals surface area contributed by atoms with E-state index in [4.69, 9.17) is 9.47 Å². The van der Waals surface area contributed by atoms with Crippen molar-refractivity contribution in [1.82, 2.24) is 0 Å². The highest BCUT2D eigenvalue weighted by Gasteiger charge is 2.35. The summed E-state index contributed by atoms with van der Waals surface area (Å²) in [5, 5.41) is -1.95. The third-order valence-electron chi connectivity index (χ3n) is 4.30. The Morgan fingerprint density at radius 1 is 0.929 bits per heavy atom. The minimum atomic E-state index is -4.75. The van der Waals surface area contributed by atoms with Gasteiger partial charge in [-0.1, -0.05) is 70.8 Å². The van der Waals surface area contributed by atoms with E-state index in [1.807, 2.05) is 0 Å². The van der Waals surface area contributed by atoms with Crippen LogP contribution in [0.5, 0.6) is 0 Å². The fourth-order valence-corrected chi connectivity index (χ4v) is 3.29. The number of carbonyl (C=O) groups is 2. The number of hydrogen-bond donors (Lipinski definition) is 1. The molecule has 1 unspecified atom stereocenters. The van der Waals surface area contributed by atoms with Crippen LogP contribution in [0.1, 0.15) is 84.0 Å². The molecule has 1 atom stereocenters. The fourth-order valence-electron chi connectivity index (χ4n) is 2.63. The number of hydrogen-bond acceptors (Lipinski definition) is 6. The highest BCUT2D eigenvalue weighted by Crippen LogP contribution is 2.12. The van der Waals surface area contributed by atoms with Gasteiger partial charge in [-0.3, -0.25) is 14.1 Å². The number of carbonyl (C=O) groups excluding carboxylic acids is 2. The fraction of sp³-hybridized carbons (Fsp3) is 0.800. The molecule has 8 heteroatoms. The summed E-state index contributed by atoms with van der Waals surface area (Å²) < 4.78 is 41.6. The van der Waals surface area contributed by atoms with Gasteiger partial charge in [0.1, 0.15) is 0 Å². The zero-order chi connectivity index (χ0) is 21.3. The van der Waals surface area contributed by atoms with Crippen LogP contribution in [0.2, 0.25) is 0 Å². The highest BCUT2D eigenvalue weighted by atomic mass is 32.2. The van der Waals surface area contributed by atoms with Crippen molar-refractivity contribution in [3.63, 3.8) is 0 Å². The van der Waals surface area contributed by atoms with Gasteiger partial charge in [0.2, 0.25) is 0 Å². The first kappa shape index (κ1) is 26.6. The van der Waals surface area contributed by atoms with Crippen LogP contribution in [0, 0.1) is 0 Å². The molecule has 0 heterocycles. The molecule has 0 aromatic carbocycles. The largest absolute Gasteiger partial charge is 0.465 e. The van der Waals surface area contributed by atoms with E-state index in [1.165, 1.54) is 44.6 Å². The molecular formula is C20H36O7S.